The zero-order valence-electron chi connectivity index (χ0n) is 16.3. The van der Waals surface area contributed by atoms with E-state index < -0.39 is 6.10 Å². The number of nitrogens with one attached hydrogen (secondary N) is 1. The van der Waals surface area contributed by atoms with Gasteiger partial charge in [-0.15, -0.1) is 0 Å². The van der Waals surface area contributed by atoms with E-state index in [1.165, 1.54) is 11.1 Å². The van der Waals surface area contributed by atoms with Crippen LogP contribution in [-0.4, -0.2) is 30.1 Å². The van der Waals surface area contributed by atoms with E-state index in [9.17, 15) is 9.90 Å². The third-order valence-corrected chi connectivity index (χ3v) is 5.51. The first-order chi connectivity index (χ1) is 13.5. The SMILES string of the molecule is CCC(=O)COc1ccc2c(c1)CC(NC[C@H](O)c1cccc(Cl)c1)CCC2. The molecule has 2 aromatic carbocycles. The summed E-state index contributed by atoms with van der Waals surface area (Å²) in [7, 11) is 0. The molecule has 1 aliphatic carbocycles. The number of aryl methyl sites for hydroxylation is 1. The fourth-order valence-electron chi connectivity index (χ4n) is 3.58. The van der Waals surface area contributed by atoms with Gasteiger partial charge in [-0.3, -0.25) is 4.79 Å². The van der Waals surface area contributed by atoms with Crippen molar-refractivity contribution in [1.29, 1.82) is 0 Å². The zero-order chi connectivity index (χ0) is 19.9. The first-order valence-corrected chi connectivity index (χ1v) is 10.4. The van der Waals surface area contributed by atoms with E-state index in [1.54, 1.807) is 12.1 Å². The Labute approximate surface area is 171 Å². The number of rotatable bonds is 8. The normalized spacial score (nSPS) is 17.5. The summed E-state index contributed by atoms with van der Waals surface area (Å²) >= 11 is 6.02. The molecule has 0 spiro atoms. The van der Waals surface area contributed by atoms with E-state index in [1.807, 2.05) is 25.1 Å². The molecular weight excluding hydrogens is 374 g/mol. The molecule has 0 aromatic heterocycles. The lowest BCUT2D eigenvalue weighted by Crippen LogP contribution is -2.34. The zero-order valence-corrected chi connectivity index (χ0v) is 17.0. The van der Waals surface area contributed by atoms with Gasteiger partial charge in [-0.1, -0.05) is 36.7 Å². The summed E-state index contributed by atoms with van der Waals surface area (Å²) in [4.78, 5) is 11.5. The summed E-state index contributed by atoms with van der Waals surface area (Å²) in [5.41, 5.74) is 3.42. The van der Waals surface area contributed by atoms with Crippen LogP contribution in [0.15, 0.2) is 42.5 Å². The maximum absolute atomic E-state index is 11.5. The number of halogens is 1. The summed E-state index contributed by atoms with van der Waals surface area (Å²) in [6.07, 6.45) is 3.99. The highest BCUT2D eigenvalue weighted by molar-refractivity contribution is 6.30. The summed E-state index contributed by atoms with van der Waals surface area (Å²) in [5, 5.41) is 14.6. The van der Waals surface area contributed by atoms with Crippen LogP contribution in [0.2, 0.25) is 5.02 Å². The topological polar surface area (TPSA) is 58.6 Å². The maximum atomic E-state index is 11.5. The predicted molar refractivity (Wildman–Crippen MR) is 112 cm³/mol. The van der Waals surface area contributed by atoms with E-state index in [0.29, 0.717) is 24.0 Å². The molecule has 0 aliphatic heterocycles. The fourth-order valence-corrected chi connectivity index (χ4v) is 3.78. The minimum absolute atomic E-state index is 0.101. The van der Waals surface area contributed by atoms with Crippen LogP contribution in [-0.2, 0) is 17.6 Å². The van der Waals surface area contributed by atoms with Crippen molar-refractivity contribution in [3.8, 4) is 5.75 Å². The fraction of sp³-hybridized carbons (Fsp3) is 0.435. The lowest BCUT2D eigenvalue weighted by atomic mass is 10.0. The molecule has 150 valence electrons. The number of hydrogen-bond acceptors (Lipinski definition) is 4. The molecule has 4 nitrogen and oxygen atoms in total. The largest absolute Gasteiger partial charge is 0.486 e. The highest BCUT2D eigenvalue weighted by atomic mass is 35.5. The molecule has 0 saturated heterocycles. The van der Waals surface area contributed by atoms with Gasteiger partial charge in [0.25, 0.3) is 0 Å². The summed E-state index contributed by atoms with van der Waals surface area (Å²) < 4.78 is 5.65. The molecule has 3 rings (SSSR count). The third kappa shape index (κ3) is 5.81. The number of hydrogen-bond donors (Lipinski definition) is 2. The molecule has 2 N–H and O–H groups in total. The van der Waals surface area contributed by atoms with Gasteiger partial charge in [-0.05, 0) is 66.6 Å². The van der Waals surface area contributed by atoms with Gasteiger partial charge >= 0.3 is 0 Å². The number of fused-ring (bicyclic) bond motifs is 1. The van der Waals surface area contributed by atoms with Crippen LogP contribution < -0.4 is 10.1 Å². The van der Waals surface area contributed by atoms with Gasteiger partial charge in [0.2, 0.25) is 0 Å². The number of ketones is 1. The van der Waals surface area contributed by atoms with Crippen LogP contribution in [0.3, 0.4) is 0 Å². The van der Waals surface area contributed by atoms with Crippen molar-refractivity contribution in [1.82, 2.24) is 5.32 Å². The van der Waals surface area contributed by atoms with Gasteiger partial charge in [-0.25, -0.2) is 0 Å². The minimum Gasteiger partial charge on any atom is -0.486 e. The van der Waals surface area contributed by atoms with Gasteiger partial charge in [0.1, 0.15) is 12.4 Å². The van der Waals surface area contributed by atoms with Crippen molar-refractivity contribution >= 4 is 17.4 Å². The second-order valence-corrected chi connectivity index (χ2v) is 7.82. The molecule has 0 radical (unpaired) electrons. The number of benzene rings is 2. The van der Waals surface area contributed by atoms with Crippen LogP contribution in [0.5, 0.6) is 5.75 Å². The van der Waals surface area contributed by atoms with E-state index in [-0.39, 0.29) is 12.4 Å². The summed E-state index contributed by atoms with van der Waals surface area (Å²) in [6, 6.07) is 13.8. The number of carbonyl (C=O) groups excluding carboxylic acids is 1. The predicted octanol–water partition coefficient (Wildman–Crippen LogP) is 4.27. The van der Waals surface area contributed by atoms with Crippen molar-refractivity contribution < 1.29 is 14.6 Å². The number of ether oxygens (including phenoxy) is 1. The first-order valence-electron chi connectivity index (χ1n) is 9.98. The van der Waals surface area contributed by atoms with Crippen molar-refractivity contribution in [3.63, 3.8) is 0 Å². The quantitative estimate of drug-likeness (QED) is 0.648. The lowest BCUT2D eigenvalue weighted by molar-refractivity contribution is -0.120. The number of aliphatic hydroxyl groups is 1. The second kappa shape index (κ2) is 10.1. The molecule has 2 aromatic rings. The van der Waals surface area contributed by atoms with Crippen molar-refractivity contribution in [2.45, 2.75) is 51.2 Å². The Hall–Kier alpha value is -1.88. The molecule has 5 heteroatoms. The molecular formula is C23H28ClNO3. The van der Waals surface area contributed by atoms with Crippen LogP contribution in [0, 0.1) is 0 Å². The number of aliphatic hydroxyl groups excluding tert-OH is 1. The smallest absolute Gasteiger partial charge is 0.169 e. The Morgan fingerprint density at radius 2 is 2.14 bits per heavy atom. The minimum atomic E-state index is -0.587. The second-order valence-electron chi connectivity index (χ2n) is 7.38. The number of carbonyl (C=O) groups is 1. The van der Waals surface area contributed by atoms with Gasteiger partial charge < -0.3 is 15.2 Å². The van der Waals surface area contributed by atoms with Crippen molar-refractivity contribution in [3.05, 3.63) is 64.2 Å². The van der Waals surface area contributed by atoms with Gasteiger partial charge in [-0.2, -0.15) is 0 Å². The van der Waals surface area contributed by atoms with Gasteiger partial charge in [0.05, 0.1) is 6.10 Å². The Bertz CT molecular complexity index is 808. The van der Waals surface area contributed by atoms with E-state index in [2.05, 4.69) is 17.4 Å². The van der Waals surface area contributed by atoms with Crippen LogP contribution >= 0.6 is 11.6 Å². The van der Waals surface area contributed by atoms with Crippen molar-refractivity contribution in [2.75, 3.05) is 13.2 Å². The summed E-state index contributed by atoms with van der Waals surface area (Å²) in [6.45, 7) is 2.46. The molecule has 0 heterocycles. The first kappa shape index (κ1) is 20.8. The van der Waals surface area contributed by atoms with E-state index in [0.717, 1.165) is 37.0 Å². The monoisotopic (exact) mass is 401 g/mol. The van der Waals surface area contributed by atoms with Gasteiger partial charge in [0.15, 0.2) is 5.78 Å². The molecule has 28 heavy (non-hydrogen) atoms. The maximum Gasteiger partial charge on any atom is 0.169 e. The molecule has 0 bridgehead atoms. The lowest BCUT2D eigenvalue weighted by Gasteiger charge is -2.20. The molecule has 0 amide bonds. The summed E-state index contributed by atoms with van der Waals surface area (Å²) in [5.74, 6) is 0.852. The van der Waals surface area contributed by atoms with E-state index >= 15 is 0 Å². The molecule has 0 saturated carbocycles. The van der Waals surface area contributed by atoms with Crippen LogP contribution in [0.25, 0.3) is 0 Å². The molecule has 1 aliphatic rings. The molecule has 1 unspecified atom stereocenters. The molecule has 2 atom stereocenters. The van der Waals surface area contributed by atoms with Crippen molar-refractivity contribution in [2.24, 2.45) is 0 Å². The number of Topliss-reactive ketones (excluding diaryl/α,β-unsaturated/α-hetero) is 1. The standard InChI is InChI=1S/C23H28ClNO3/c1-2-21(26)15-28-22-10-9-16-5-4-8-20(12-18(16)13-22)25-14-23(27)17-6-3-7-19(24)11-17/h3,6-7,9-11,13,20,23,25,27H,2,4-5,8,12,14-15H2,1H3/t20?,23-/m0/s1. The third-order valence-electron chi connectivity index (χ3n) is 5.27. The Morgan fingerprint density at radius 3 is 2.93 bits per heavy atom. The van der Waals surface area contributed by atoms with Gasteiger partial charge in [0, 0.05) is 24.0 Å². The Morgan fingerprint density at radius 1 is 1.29 bits per heavy atom. The highest BCUT2D eigenvalue weighted by Gasteiger charge is 2.19. The van der Waals surface area contributed by atoms with Crippen LogP contribution in [0.4, 0.5) is 0 Å². The van der Waals surface area contributed by atoms with Crippen LogP contribution in [0.1, 0.15) is 49.0 Å². The average Bonchev–Trinajstić information content (AvgIpc) is 2.91. The Balaban J connectivity index is 1.60. The average molecular weight is 402 g/mol. The van der Waals surface area contributed by atoms with E-state index in [4.69, 9.17) is 16.3 Å². The Kier molecular flexibility index (Phi) is 7.49. The molecule has 0 fully saturated rings. The highest BCUT2D eigenvalue weighted by Crippen LogP contribution is 2.26.